The van der Waals surface area contributed by atoms with E-state index in [1.807, 2.05) is 47.4 Å². The van der Waals surface area contributed by atoms with Gasteiger partial charge in [0.05, 0.1) is 17.1 Å². The van der Waals surface area contributed by atoms with Crippen LogP contribution in [-0.2, 0) is 5.54 Å². The zero-order valence-corrected chi connectivity index (χ0v) is 23.0. The van der Waals surface area contributed by atoms with E-state index in [0.29, 0.717) is 48.1 Å². The Labute approximate surface area is 247 Å². The number of H-pyrrole nitrogens is 1. The predicted octanol–water partition coefficient (Wildman–Crippen LogP) is 4.59. The van der Waals surface area contributed by atoms with Crippen LogP contribution in [0.3, 0.4) is 0 Å². The molecule has 4 heterocycles. The molecule has 1 aromatic heterocycles. The van der Waals surface area contributed by atoms with Crippen molar-refractivity contribution in [3.8, 4) is 29.4 Å². The number of para-hydroxylation sites is 1. The van der Waals surface area contributed by atoms with Crippen molar-refractivity contribution >= 4 is 41.2 Å². The van der Waals surface area contributed by atoms with Gasteiger partial charge in [-0.25, -0.2) is 20.0 Å². The molecule has 0 aliphatic carbocycles. The lowest BCUT2D eigenvalue weighted by molar-refractivity contribution is 0.0953. The number of amides is 1. The molecule has 0 radical (unpaired) electrons. The van der Waals surface area contributed by atoms with E-state index in [0.717, 1.165) is 28.1 Å². The van der Waals surface area contributed by atoms with Gasteiger partial charge in [-0.05, 0) is 60.5 Å². The van der Waals surface area contributed by atoms with Crippen LogP contribution >= 0.6 is 0 Å². The molecule has 0 fully saturated rings. The first-order chi connectivity index (χ1) is 21.0. The van der Waals surface area contributed by atoms with Crippen LogP contribution in [0.2, 0.25) is 0 Å². The Balaban J connectivity index is 1.43. The van der Waals surface area contributed by atoms with Gasteiger partial charge < -0.3 is 21.1 Å². The number of nitrogens with one attached hydrogen (secondary N) is 2. The number of phenols is 1. The fourth-order valence-electron chi connectivity index (χ4n) is 5.64. The van der Waals surface area contributed by atoms with Crippen LogP contribution in [-0.4, -0.2) is 50.4 Å². The fourth-order valence-corrected chi connectivity index (χ4v) is 5.64. The molecule has 3 aromatic carbocycles. The molecule has 0 spiro atoms. The highest BCUT2D eigenvalue weighted by atomic mass is 16.3. The number of nitrogen functional groups attached to an aromatic ring is 1. The summed E-state index contributed by atoms with van der Waals surface area (Å²) in [7, 11) is 0. The van der Waals surface area contributed by atoms with Gasteiger partial charge in [0.2, 0.25) is 5.96 Å². The maximum Gasteiger partial charge on any atom is 0.251 e. The molecule has 43 heavy (non-hydrogen) atoms. The summed E-state index contributed by atoms with van der Waals surface area (Å²) in [6, 6.07) is 21.9. The minimum absolute atomic E-state index is 0.135. The van der Waals surface area contributed by atoms with E-state index < -0.39 is 5.54 Å². The number of carbonyl (C=O) groups excluding carboxylic acids is 1. The van der Waals surface area contributed by atoms with Crippen molar-refractivity contribution in [3.63, 3.8) is 0 Å². The predicted molar refractivity (Wildman–Crippen MR) is 167 cm³/mol. The number of nitrogens with two attached hydrogens (primary N) is 1. The van der Waals surface area contributed by atoms with E-state index >= 15 is 0 Å². The average Bonchev–Trinajstić information content (AvgIpc) is 3.59. The van der Waals surface area contributed by atoms with E-state index in [9.17, 15) is 9.90 Å². The number of hydrogen-bond donors (Lipinski definition) is 4. The topological polar surface area (TPSA) is 144 Å². The number of allylic oxidation sites excluding steroid dienone is 1. The third-order valence-electron chi connectivity index (χ3n) is 7.64. The summed E-state index contributed by atoms with van der Waals surface area (Å²) in [6.07, 6.45) is 10.3. The van der Waals surface area contributed by atoms with E-state index in [4.69, 9.17) is 27.1 Å². The first-order valence-corrected chi connectivity index (χ1v) is 13.8. The first-order valence-electron chi connectivity index (χ1n) is 13.8. The lowest BCUT2D eigenvalue weighted by atomic mass is 9.82. The SMILES string of the molecule is C#CCCCNC(=O)c1ccc(C2(c3nc(N)[nH]c3-c3ccc(O)cc3)N=C3N=CC=C4c5ccccc5N=C2N43)cc1. The van der Waals surface area contributed by atoms with Crippen molar-refractivity contribution in [3.05, 3.63) is 101 Å². The maximum absolute atomic E-state index is 12.9. The minimum atomic E-state index is -1.28. The van der Waals surface area contributed by atoms with Crippen LogP contribution in [0.5, 0.6) is 5.75 Å². The summed E-state index contributed by atoms with van der Waals surface area (Å²) in [5.74, 6) is 3.76. The summed E-state index contributed by atoms with van der Waals surface area (Å²) in [5.41, 5.74) is 10.8. The van der Waals surface area contributed by atoms with Crippen LogP contribution in [0.15, 0.2) is 93.8 Å². The summed E-state index contributed by atoms with van der Waals surface area (Å²) in [6.45, 7) is 0.489. The number of unbranched alkanes of at least 4 members (excludes halogenated alkanes) is 1. The number of aromatic amines is 1. The average molecular weight is 567 g/mol. The van der Waals surface area contributed by atoms with Crippen LogP contribution in [0, 0.1) is 12.3 Å². The van der Waals surface area contributed by atoms with Gasteiger partial charge in [-0.3, -0.25) is 9.69 Å². The number of amidine groups is 1. The minimum Gasteiger partial charge on any atom is -0.508 e. The summed E-state index contributed by atoms with van der Waals surface area (Å²) < 4.78 is 0. The Morgan fingerprint density at radius 1 is 1.09 bits per heavy atom. The molecule has 10 nitrogen and oxygen atoms in total. The molecule has 0 bridgehead atoms. The molecule has 1 amide bonds. The number of carbonyl (C=O) groups is 1. The molecular formula is C33H26N8O2. The molecule has 0 saturated heterocycles. The molecule has 7 rings (SSSR count). The van der Waals surface area contributed by atoms with Crippen molar-refractivity contribution in [2.75, 3.05) is 12.3 Å². The van der Waals surface area contributed by atoms with Gasteiger partial charge in [0.1, 0.15) is 11.4 Å². The van der Waals surface area contributed by atoms with Crippen molar-refractivity contribution in [2.24, 2.45) is 15.0 Å². The third-order valence-corrected chi connectivity index (χ3v) is 7.64. The number of phenolic OH excluding ortho intramolecular Hbond substituents is 1. The number of imidazole rings is 1. The van der Waals surface area contributed by atoms with Gasteiger partial charge in [0, 0.05) is 35.9 Å². The second-order valence-electron chi connectivity index (χ2n) is 10.3. The van der Waals surface area contributed by atoms with Gasteiger partial charge >= 0.3 is 0 Å². The molecule has 1 atom stereocenters. The first kappa shape index (κ1) is 26.0. The second-order valence-corrected chi connectivity index (χ2v) is 10.3. The Morgan fingerprint density at radius 3 is 2.67 bits per heavy atom. The van der Waals surface area contributed by atoms with Gasteiger partial charge in [-0.1, -0.05) is 30.3 Å². The quantitative estimate of drug-likeness (QED) is 0.191. The third kappa shape index (κ3) is 4.18. The number of aliphatic imine (C=N–C) groups is 3. The number of terminal acetylenes is 1. The number of anilines is 1. The molecule has 0 saturated carbocycles. The summed E-state index contributed by atoms with van der Waals surface area (Å²) in [4.78, 5) is 37.8. The molecule has 10 heteroatoms. The van der Waals surface area contributed by atoms with Gasteiger partial charge in [-0.15, -0.1) is 12.3 Å². The zero-order valence-electron chi connectivity index (χ0n) is 23.0. The Kier molecular flexibility index (Phi) is 6.13. The number of hydrogen-bond acceptors (Lipinski definition) is 8. The standard InChI is InChI=1S/C33H26N8O2/c1-2-3-6-18-35-29(43)21-9-13-22(14-10-21)33(28-27(38-31(34)39-28)20-11-15-23(42)16-12-20)30-37-25-8-5-4-7-24(25)26-17-19-36-32(40-33)41(26)30/h1,4-5,7-17,19,42H,3,6,18H2,(H,35,43)(H3,34,38,39). The van der Waals surface area contributed by atoms with Gasteiger partial charge in [-0.2, -0.15) is 0 Å². The highest BCUT2D eigenvalue weighted by Crippen LogP contribution is 2.50. The Bertz CT molecular complexity index is 1930. The second kappa shape index (κ2) is 10.2. The molecular weight excluding hydrogens is 540 g/mol. The smallest absolute Gasteiger partial charge is 0.251 e. The fraction of sp³-hybridized carbons (Fsp3) is 0.121. The number of benzene rings is 3. The number of aromatic hydroxyl groups is 1. The molecule has 5 N–H and O–H groups in total. The normalized spacial score (nSPS) is 17.7. The van der Waals surface area contributed by atoms with Gasteiger partial charge in [0.15, 0.2) is 17.3 Å². The number of rotatable bonds is 7. The van der Waals surface area contributed by atoms with Crippen LogP contribution < -0.4 is 11.1 Å². The zero-order chi connectivity index (χ0) is 29.6. The highest BCUT2D eigenvalue weighted by molar-refractivity contribution is 6.24. The molecule has 3 aliphatic rings. The summed E-state index contributed by atoms with van der Waals surface area (Å²) in [5, 5.41) is 12.9. The number of fused-ring (bicyclic) bond motifs is 2. The Hall–Kier alpha value is -5.95. The van der Waals surface area contributed by atoms with Crippen LogP contribution in [0.25, 0.3) is 17.0 Å². The molecule has 210 valence electrons. The van der Waals surface area contributed by atoms with Crippen LogP contribution in [0.4, 0.5) is 11.6 Å². The molecule has 4 aromatic rings. The number of guanidine groups is 1. The Morgan fingerprint density at radius 2 is 1.88 bits per heavy atom. The maximum atomic E-state index is 12.9. The number of aromatic nitrogens is 2. The lowest BCUT2D eigenvalue weighted by Crippen LogP contribution is -2.43. The number of nitrogens with zero attached hydrogens (tertiary/aromatic N) is 5. The largest absolute Gasteiger partial charge is 0.508 e. The van der Waals surface area contributed by atoms with E-state index in [2.05, 4.69) is 21.2 Å². The summed E-state index contributed by atoms with van der Waals surface area (Å²) >= 11 is 0. The van der Waals surface area contributed by atoms with E-state index in [1.165, 1.54) is 0 Å². The lowest BCUT2D eigenvalue weighted by Gasteiger charge is -2.34. The highest BCUT2D eigenvalue weighted by Gasteiger charge is 2.55. The van der Waals surface area contributed by atoms with Crippen LogP contribution in [0.1, 0.15) is 40.0 Å². The molecule has 1 unspecified atom stereocenters. The van der Waals surface area contributed by atoms with E-state index in [-0.39, 0.29) is 17.6 Å². The monoisotopic (exact) mass is 566 g/mol. The van der Waals surface area contributed by atoms with Crippen molar-refractivity contribution in [1.29, 1.82) is 0 Å². The molecule has 3 aliphatic heterocycles. The van der Waals surface area contributed by atoms with Gasteiger partial charge in [0.25, 0.3) is 5.91 Å². The van der Waals surface area contributed by atoms with Crippen molar-refractivity contribution < 1.29 is 9.90 Å². The van der Waals surface area contributed by atoms with Crippen molar-refractivity contribution in [2.45, 2.75) is 18.4 Å². The van der Waals surface area contributed by atoms with Crippen molar-refractivity contribution in [1.82, 2.24) is 20.2 Å². The van der Waals surface area contributed by atoms with E-state index in [1.54, 1.807) is 42.6 Å².